The number of rotatable bonds is 3. The van der Waals surface area contributed by atoms with Gasteiger partial charge in [-0.2, -0.15) is 15.4 Å². The fourth-order valence-electron chi connectivity index (χ4n) is 2.51. The first-order valence-electron chi connectivity index (χ1n) is 6.12. The predicted octanol–water partition coefficient (Wildman–Crippen LogP) is 1.23. The van der Waals surface area contributed by atoms with Gasteiger partial charge in [0, 0.05) is 0 Å². The Kier molecular flexibility index (Phi) is 2.91. The van der Waals surface area contributed by atoms with E-state index in [9.17, 15) is 4.79 Å². The largest absolute Gasteiger partial charge is 0.496 e. The van der Waals surface area contributed by atoms with E-state index in [2.05, 4.69) is 20.7 Å². The molecule has 3 rings (SSSR count). The van der Waals surface area contributed by atoms with E-state index < -0.39 is 0 Å². The van der Waals surface area contributed by atoms with E-state index in [1.165, 1.54) is 11.8 Å². The minimum absolute atomic E-state index is 0.00861. The minimum atomic E-state index is -0.214. The van der Waals surface area contributed by atoms with Gasteiger partial charge in [0.1, 0.15) is 5.75 Å². The number of hydrogen-bond donors (Lipinski definition) is 2. The van der Waals surface area contributed by atoms with Crippen molar-refractivity contribution < 1.29 is 9.53 Å². The molecule has 0 saturated carbocycles. The normalized spacial score (nSPS) is 17.0. The van der Waals surface area contributed by atoms with E-state index >= 15 is 0 Å². The van der Waals surface area contributed by atoms with Gasteiger partial charge in [-0.15, -0.1) is 0 Å². The number of fused-ring (bicyclic) bond motifs is 1. The Hall–Kier alpha value is -2.37. The number of methoxy groups -OCH3 is 1. The maximum atomic E-state index is 12.0. The molecule has 1 aliphatic rings. The second kappa shape index (κ2) is 4.72. The summed E-state index contributed by atoms with van der Waals surface area (Å²) in [4.78, 5) is 12.0. The van der Waals surface area contributed by atoms with Gasteiger partial charge in [0.2, 0.25) is 0 Å². The summed E-state index contributed by atoms with van der Waals surface area (Å²) in [7, 11) is 1.66. The van der Waals surface area contributed by atoms with E-state index in [1.807, 2.05) is 18.2 Å². The molecule has 1 amide bonds. The lowest BCUT2D eigenvalue weighted by Crippen LogP contribution is -2.27. The van der Waals surface area contributed by atoms with Crippen molar-refractivity contribution >= 4 is 5.91 Å². The Bertz CT molecular complexity index is 595. The Labute approximate surface area is 110 Å². The lowest BCUT2D eigenvalue weighted by Gasteiger charge is -2.13. The van der Waals surface area contributed by atoms with E-state index in [4.69, 9.17) is 4.74 Å². The molecule has 0 aliphatic heterocycles. The van der Waals surface area contributed by atoms with Crippen molar-refractivity contribution in [2.45, 2.75) is 18.9 Å². The van der Waals surface area contributed by atoms with Crippen LogP contribution < -0.4 is 10.1 Å². The number of H-pyrrole nitrogens is 1. The highest BCUT2D eigenvalue weighted by Crippen LogP contribution is 2.36. The van der Waals surface area contributed by atoms with Gasteiger partial charge in [0.25, 0.3) is 5.91 Å². The van der Waals surface area contributed by atoms with Gasteiger partial charge >= 0.3 is 0 Å². The molecular formula is C13H14N4O2. The summed E-state index contributed by atoms with van der Waals surface area (Å²) >= 11 is 0. The van der Waals surface area contributed by atoms with Crippen LogP contribution in [0.4, 0.5) is 0 Å². The SMILES string of the molecule is COc1cccc2c1CCC2NC(=O)c1cn[nH]n1. The van der Waals surface area contributed by atoms with Gasteiger partial charge in [-0.1, -0.05) is 12.1 Å². The standard InChI is InChI=1S/C13H14N4O2/c1-19-12-4-2-3-8-9(12)5-6-10(8)15-13(18)11-7-14-17-16-11/h2-4,7,10H,5-6H2,1H3,(H,15,18)(H,14,16,17). The number of aromatic amines is 1. The van der Waals surface area contributed by atoms with Gasteiger partial charge in [-0.3, -0.25) is 4.79 Å². The molecule has 0 fully saturated rings. The van der Waals surface area contributed by atoms with E-state index in [1.54, 1.807) is 7.11 Å². The molecule has 19 heavy (non-hydrogen) atoms. The highest BCUT2D eigenvalue weighted by Gasteiger charge is 2.27. The summed E-state index contributed by atoms with van der Waals surface area (Å²) in [5.74, 6) is 0.671. The van der Waals surface area contributed by atoms with Crippen molar-refractivity contribution in [2.24, 2.45) is 0 Å². The Balaban J connectivity index is 1.81. The van der Waals surface area contributed by atoms with Crippen molar-refractivity contribution in [3.05, 3.63) is 41.2 Å². The van der Waals surface area contributed by atoms with Crippen LogP contribution in [0.25, 0.3) is 0 Å². The molecule has 6 heteroatoms. The summed E-state index contributed by atoms with van der Waals surface area (Å²) in [5.41, 5.74) is 2.60. The van der Waals surface area contributed by atoms with Gasteiger partial charge < -0.3 is 10.1 Å². The summed E-state index contributed by atoms with van der Waals surface area (Å²) in [5, 5.41) is 12.8. The van der Waals surface area contributed by atoms with Crippen LogP contribution in [0.2, 0.25) is 0 Å². The smallest absolute Gasteiger partial charge is 0.273 e. The molecule has 1 unspecified atom stereocenters. The van der Waals surface area contributed by atoms with Crippen LogP contribution in [-0.4, -0.2) is 28.4 Å². The zero-order chi connectivity index (χ0) is 13.2. The van der Waals surface area contributed by atoms with E-state index in [0.717, 1.165) is 24.2 Å². The van der Waals surface area contributed by atoms with Crippen LogP contribution in [0.5, 0.6) is 5.75 Å². The van der Waals surface area contributed by atoms with Crippen LogP contribution in [0.15, 0.2) is 24.4 Å². The molecule has 1 aromatic heterocycles. The van der Waals surface area contributed by atoms with Gasteiger partial charge in [-0.25, -0.2) is 0 Å². The van der Waals surface area contributed by atoms with Gasteiger partial charge in [0.05, 0.1) is 19.3 Å². The maximum Gasteiger partial charge on any atom is 0.273 e. The molecule has 1 aromatic carbocycles. The molecule has 0 bridgehead atoms. The number of hydrogen-bond acceptors (Lipinski definition) is 4. The van der Waals surface area contributed by atoms with Crippen LogP contribution >= 0.6 is 0 Å². The third-order valence-electron chi connectivity index (χ3n) is 3.40. The topological polar surface area (TPSA) is 79.9 Å². The number of aromatic nitrogens is 3. The minimum Gasteiger partial charge on any atom is -0.496 e. The summed E-state index contributed by atoms with van der Waals surface area (Å²) in [6.07, 6.45) is 3.19. The fraction of sp³-hybridized carbons (Fsp3) is 0.308. The second-order valence-electron chi connectivity index (χ2n) is 4.45. The maximum absolute atomic E-state index is 12.0. The average Bonchev–Trinajstić information content (AvgIpc) is 3.08. The summed E-state index contributed by atoms with van der Waals surface area (Å²) < 4.78 is 5.34. The highest BCUT2D eigenvalue weighted by atomic mass is 16.5. The number of amides is 1. The van der Waals surface area contributed by atoms with Crippen LogP contribution in [0.3, 0.4) is 0 Å². The van der Waals surface area contributed by atoms with E-state index in [0.29, 0.717) is 5.69 Å². The zero-order valence-electron chi connectivity index (χ0n) is 10.5. The molecule has 0 spiro atoms. The first-order chi connectivity index (χ1) is 9.29. The number of nitrogens with one attached hydrogen (secondary N) is 2. The molecule has 1 heterocycles. The molecule has 1 aliphatic carbocycles. The zero-order valence-corrected chi connectivity index (χ0v) is 10.5. The Morgan fingerprint density at radius 2 is 2.42 bits per heavy atom. The average molecular weight is 258 g/mol. The van der Waals surface area contributed by atoms with Crippen LogP contribution in [0, 0.1) is 0 Å². The molecule has 2 N–H and O–H groups in total. The van der Waals surface area contributed by atoms with Crippen LogP contribution in [-0.2, 0) is 6.42 Å². The highest BCUT2D eigenvalue weighted by molar-refractivity contribution is 5.92. The lowest BCUT2D eigenvalue weighted by atomic mass is 10.1. The van der Waals surface area contributed by atoms with Crippen molar-refractivity contribution in [1.82, 2.24) is 20.7 Å². The van der Waals surface area contributed by atoms with Gasteiger partial charge in [-0.05, 0) is 30.0 Å². The quantitative estimate of drug-likeness (QED) is 0.867. The molecule has 0 saturated heterocycles. The lowest BCUT2D eigenvalue weighted by molar-refractivity contribution is 0.0931. The number of carbonyl (C=O) groups excluding carboxylic acids is 1. The van der Waals surface area contributed by atoms with Crippen molar-refractivity contribution in [3.8, 4) is 5.75 Å². The number of benzene rings is 1. The second-order valence-corrected chi connectivity index (χ2v) is 4.45. The molecular weight excluding hydrogens is 244 g/mol. The molecule has 1 atom stereocenters. The third-order valence-corrected chi connectivity index (χ3v) is 3.40. The Morgan fingerprint density at radius 1 is 1.53 bits per heavy atom. The predicted molar refractivity (Wildman–Crippen MR) is 67.9 cm³/mol. The van der Waals surface area contributed by atoms with Crippen molar-refractivity contribution in [3.63, 3.8) is 0 Å². The molecule has 98 valence electrons. The molecule has 6 nitrogen and oxygen atoms in total. The monoisotopic (exact) mass is 258 g/mol. The third kappa shape index (κ3) is 2.05. The summed E-state index contributed by atoms with van der Waals surface area (Å²) in [6.45, 7) is 0. The molecule has 2 aromatic rings. The summed E-state index contributed by atoms with van der Waals surface area (Å²) in [6, 6.07) is 5.92. The van der Waals surface area contributed by atoms with Crippen molar-refractivity contribution in [2.75, 3.05) is 7.11 Å². The van der Waals surface area contributed by atoms with Crippen molar-refractivity contribution in [1.29, 1.82) is 0 Å². The number of nitrogens with zero attached hydrogens (tertiary/aromatic N) is 2. The number of carbonyl (C=O) groups is 1. The Morgan fingerprint density at radius 3 is 3.16 bits per heavy atom. The number of ether oxygens (including phenoxy) is 1. The van der Waals surface area contributed by atoms with E-state index in [-0.39, 0.29) is 11.9 Å². The first kappa shape index (κ1) is 11.7. The van der Waals surface area contributed by atoms with Gasteiger partial charge in [0.15, 0.2) is 5.69 Å². The fourth-order valence-corrected chi connectivity index (χ4v) is 2.51. The van der Waals surface area contributed by atoms with Crippen LogP contribution in [0.1, 0.15) is 34.1 Å². The first-order valence-corrected chi connectivity index (χ1v) is 6.12. The molecule has 0 radical (unpaired) electrons.